The third-order valence-corrected chi connectivity index (χ3v) is 14.3. The number of carbonyl (C=O) groups is 2. The van der Waals surface area contributed by atoms with Crippen LogP contribution >= 0.6 is 0 Å². The molecule has 0 unspecified atom stereocenters. The Morgan fingerprint density at radius 2 is 1.66 bits per heavy atom. The lowest BCUT2D eigenvalue weighted by Crippen LogP contribution is -2.49. The maximum Gasteiger partial charge on any atom is 0.307 e. The molecule has 0 aliphatic carbocycles. The van der Waals surface area contributed by atoms with Crippen molar-refractivity contribution in [3.05, 3.63) is 79.5 Å². The Morgan fingerprint density at radius 3 is 2.31 bits per heavy atom. The van der Waals surface area contributed by atoms with Crippen LogP contribution in [0.4, 0.5) is 11.4 Å². The van der Waals surface area contributed by atoms with Crippen molar-refractivity contribution in [2.75, 3.05) is 43.5 Å². The van der Waals surface area contributed by atoms with Gasteiger partial charge in [-0.15, -0.1) is 0 Å². The van der Waals surface area contributed by atoms with Crippen LogP contribution in [-0.4, -0.2) is 112 Å². The summed E-state index contributed by atoms with van der Waals surface area (Å²) in [6.45, 7) is 19.8. The molecule has 1 aromatic heterocycles. The van der Waals surface area contributed by atoms with Crippen molar-refractivity contribution in [3.8, 4) is 11.5 Å². The summed E-state index contributed by atoms with van der Waals surface area (Å²) < 4.78 is 30.6. The molecule has 1 amide bonds. The largest absolute Gasteiger partial charge is 0.507 e. The highest BCUT2D eigenvalue weighted by atomic mass is 16.7. The number of nitrogens with one attached hydrogen (secondary N) is 1. The van der Waals surface area contributed by atoms with Crippen LogP contribution in [0, 0.1) is 30.6 Å². The third kappa shape index (κ3) is 9.04. The molecule has 17 nitrogen and oxygen atoms in total. The molecule has 7 rings (SSSR count). The third-order valence-electron chi connectivity index (χ3n) is 14.3. The highest BCUT2D eigenvalue weighted by Crippen LogP contribution is 2.42. The maximum atomic E-state index is 14.9. The van der Waals surface area contributed by atoms with E-state index in [-0.39, 0.29) is 60.8 Å². The number of phenolic OH excluding ortho intramolecular Hbond substituents is 1. The zero-order valence-electron chi connectivity index (χ0n) is 40.6. The number of hydrogen-bond acceptors (Lipinski definition) is 16. The maximum absolute atomic E-state index is 14.9. The minimum atomic E-state index is -1.98. The molecule has 3 aromatic carbocycles. The molecule has 1 fully saturated rings. The van der Waals surface area contributed by atoms with Crippen molar-refractivity contribution < 1.29 is 53.4 Å². The molecule has 3 aliphatic heterocycles. The van der Waals surface area contributed by atoms with Crippen LogP contribution in [0.5, 0.6) is 11.5 Å². The molecular weight excluding hydrogens is 877 g/mol. The van der Waals surface area contributed by atoms with Crippen LogP contribution in [-0.2, 0) is 23.8 Å². The number of methoxy groups -OCH3 is 1. The predicted octanol–water partition coefficient (Wildman–Crippen LogP) is 5.48. The summed E-state index contributed by atoms with van der Waals surface area (Å²) in [7, 11) is 1.45. The number of benzene rings is 3. The van der Waals surface area contributed by atoms with E-state index in [0.29, 0.717) is 24.8 Å². The van der Waals surface area contributed by atoms with E-state index >= 15 is 0 Å². The Labute approximate surface area is 394 Å². The minimum absolute atomic E-state index is 0.0388. The molecule has 4 aromatic rings. The summed E-state index contributed by atoms with van der Waals surface area (Å²) in [5.74, 6) is -6.93. The van der Waals surface area contributed by atoms with Crippen LogP contribution in [0.2, 0.25) is 0 Å². The van der Waals surface area contributed by atoms with Gasteiger partial charge in [-0.2, -0.15) is 0 Å². The molecule has 10 atom stereocenters. The SMILES string of the molecule is CC[C@@H](C)N1CCN(c2cc(=O)c3nc4c(oc3c2)c2c(=O)c3c(O)c(C)c5c(c34)=C(O)[C@@](C)(O/C=C\[C@H](OC)[C@@H](C)[C@@H](OC(C)=O)[C@H](C)[C@H](O)[C@H](C)[C@@H](O)[C@@H](C)/C=C/C=C(\C)C(=O)N2)O5)CC1. The van der Waals surface area contributed by atoms with Gasteiger partial charge in [0.2, 0.25) is 10.9 Å². The van der Waals surface area contributed by atoms with Crippen molar-refractivity contribution in [2.45, 2.75) is 112 Å². The van der Waals surface area contributed by atoms with Crippen molar-refractivity contribution in [1.29, 1.82) is 0 Å². The number of phenols is 1. The molecule has 5 bridgehead atoms. The van der Waals surface area contributed by atoms with E-state index in [0.717, 1.165) is 19.5 Å². The number of aliphatic hydroxyl groups is 3. The number of rotatable bonds is 5. The van der Waals surface area contributed by atoms with Gasteiger partial charge in [0, 0.05) is 111 Å². The molecule has 0 radical (unpaired) electrons. The van der Waals surface area contributed by atoms with Gasteiger partial charge in [-0.25, -0.2) is 4.98 Å². The molecule has 0 saturated carbocycles. The molecule has 5 N–H and O–H groups in total. The first-order chi connectivity index (χ1) is 32.1. The van der Waals surface area contributed by atoms with E-state index in [4.69, 9.17) is 28.3 Å². The molecule has 1 saturated heterocycles. The van der Waals surface area contributed by atoms with Crippen LogP contribution in [0.15, 0.2) is 62.3 Å². The first-order valence-electron chi connectivity index (χ1n) is 23.3. The average Bonchev–Trinajstić information content (AvgIpc) is 3.58. The molecule has 68 heavy (non-hydrogen) atoms. The molecule has 366 valence electrons. The second-order valence-electron chi connectivity index (χ2n) is 18.8. The van der Waals surface area contributed by atoms with Gasteiger partial charge in [-0.05, 0) is 33.3 Å². The lowest BCUT2D eigenvalue weighted by atomic mass is 9.78. The Kier molecular flexibility index (Phi) is 14.3. The monoisotopic (exact) mass is 940 g/mol. The number of aromatic hydroxyl groups is 1. The Hall–Kier alpha value is -6.01. The fourth-order valence-corrected chi connectivity index (χ4v) is 9.74. The van der Waals surface area contributed by atoms with Crippen molar-refractivity contribution in [3.63, 3.8) is 0 Å². The number of aromatic nitrogens is 1. The molecule has 3 aliphatic rings. The van der Waals surface area contributed by atoms with Crippen LogP contribution < -0.4 is 31.0 Å². The van der Waals surface area contributed by atoms with Crippen LogP contribution in [0.25, 0.3) is 38.7 Å². The van der Waals surface area contributed by atoms with Crippen molar-refractivity contribution >= 4 is 62.0 Å². The van der Waals surface area contributed by atoms with Gasteiger partial charge in [0.15, 0.2) is 22.4 Å². The fraction of sp³-hybridized carbons (Fsp3) is 0.510. The molecule has 0 spiro atoms. The smallest absolute Gasteiger partial charge is 0.307 e. The van der Waals surface area contributed by atoms with Crippen LogP contribution in [0.1, 0.15) is 74.3 Å². The predicted molar refractivity (Wildman–Crippen MR) is 259 cm³/mol. The van der Waals surface area contributed by atoms with E-state index in [2.05, 4.69) is 29.0 Å². The number of anilines is 2. The standard InChI is InChI=1S/C51H64N4O13/c1-12-26(4)54-17-19-55(20-18-54)32-22-33(57)39-35(23-32)67-48-40(52-39)36-37-44(60)30(8)47-38(36)49(62)51(10,68-47)65-21-16-34(64-11)27(5)46(66-31(9)56)29(7)43(59)28(6)42(58)24(2)14-13-15-25(3)50(63)53-41(48)45(37)61/h13-16,21-24,26-29,34,42-43,46,58-60,62H,12,17-20H2,1-11H3,(H,53,63)/b14-13+,21-16-,25-15+/t24-,26+,27+,28+,29+,34-,42-,43+,46+,51-/m0/s1. The van der Waals surface area contributed by atoms with Gasteiger partial charge in [0.1, 0.15) is 28.8 Å². The summed E-state index contributed by atoms with van der Waals surface area (Å²) in [5.41, 5.74) is -1.35. The summed E-state index contributed by atoms with van der Waals surface area (Å²) in [5, 5.41) is 49.3. The lowest BCUT2D eigenvalue weighted by molar-refractivity contribution is -0.160. The van der Waals surface area contributed by atoms with E-state index in [1.807, 2.05) is 0 Å². The van der Waals surface area contributed by atoms with Gasteiger partial charge in [-0.3, -0.25) is 24.1 Å². The molecule has 17 heteroatoms. The summed E-state index contributed by atoms with van der Waals surface area (Å²) in [6.07, 6.45) is 4.58. The topological polar surface area (TPSA) is 231 Å². The number of piperazine rings is 1. The summed E-state index contributed by atoms with van der Waals surface area (Å²) >= 11 is 0. The Morgan fingerprint density at radius 1 is 0.971 bits per heavy atom. The van der Waals surface area contributed by atoms with Gasteiger partial charge >= 0.3 is 11.8 Å². The molecular formula is C51H64N4O13. The average molecular weight is 941 g/mol. The van der Waals surface area contributed by atoms with Crippen molar-refractivity contribution in [1.82, 2.24) is 9.88 Å². The normalized spacial score (nSPS) is 29.9. The van der Waals surface area contributed by atoms with E-state index in [9.17, 15) is 39.6 Å². The number of carbonyl (C=O) groups excluding carboxylic acids is 2. The zero-order chi connectivity index (χ0) is 49.7. The van der Waals surface area contributed by atoms with E-state index < -0.39 is 88.1 Å². The Bertz CT molecular complexity index is 2900. The second-order valence-corrected chi connectivity index (χ2v) is 18.8. The number of hydrogen-bond donors (Lipinski definition) is 5. The highest BCUT2D eigenvalue weighted by Gasteiger charge is 2.44. The van der Waals surface area contributed by atoms with E-state index in [1.54, 1.807) is 45.9 Å². The van der Waals surface area contributed by atoms with Gasteiger partial charge < -0.3 is 54.0 Å². The van der Waals surface area contributed by atoms with E-state index in [1.165, 1.54) is 59.3 Å². The lowest BCUT2D eigenvalue weighted by Gasteiger charge is -2.38. The summed E-state index contributed by atoms with van der Waals surface area (Å²) in [4.78, 5) is 64.7. The quantitative estimate of drug-likeness (QED) is 0.0948. The number of esters is 1. The number of amides is 1. The van der Waals surface area contributed by atoms with Crippen molar-refractivity contribution in [2.24, 2.45) is 23.7 Å². The summed E-state index contributed by atoms with van der Waals surface area (Å²) in [6, 6.07) is 3.57. The number of ether oxygens (including phenoxy) is 4. The second kappa shape index (κ2) is 19.5. The number of aliphatic hydroxyl groups excluding tert-OH is 3. The highest BCUT2D eigenvalue weighted by molar-refractivity contribution is 6.16. The number of allylic oxidation sites excluding steroid dienone is 2. The number of fused-ring (bicyclic) bond motifs is 5. The Balaban J connectivity index is 1.46. The fourth-order valence-electron chi connectivity index (χ4n) is 9.74. The van der Waals surface area contributed by atoms with Gasteiger partial charge in [0.25, 0.3) is 5.91 Å². The van der Waals surface area contributed by atoms with Crippen LogP contribution in [0.3, 0.4) is 0 Å². The number of nitrogens with zero attached hydrogens (tertiary/aromatic N) is 3. The zero-order valence-corrected chi connectivity index (χ0v) is 40.6. The first kappa shape index (κ1) is 49.9. The van der Waals surface area contributed by atoms with Gasteiger partial charge in [0.05, 0.1) is 35.2 Å². The minimum Gasteiger partial charge on any atom is -0.507 e. The first-order valence-corrected chi connectivity index (χ1v) is 23.3. The molecule has 4 heterocycles. The van der Waals surface area contributed by atoms with Gasteiger partial charge in [-0.1, -0.05) is 52.8 Å².